The molecule has 0 saturated carbocycles. The largest absolute Gasteiger partial charge is 0.393 e. The van der Waals surface area contributed by atoms with Crippen LogP contribution in [0.4, 0.5) is 0 Å². The van der Waals surface area contributed by atoms with E-state index in [1.807, 2.05) is 30.9 Å². The van der Waals surface area contributed by atoms with Gasteiger partial charge in [0.1, 0.15) is 5.41 Å². The van der Waals surface area contributed by atoms with Crippen LogP contribution in [0.25, 0.3) is 10.8 Å². The number of aliphatic hydroxyl groups excluding tert-OH is 1. The number of aliphatic hydroxyl groups is 1. The molecular formula is C26H32N2O2. The molecule has 0 bridgehead atoms. The van der Waals surface area contributed by atoms with Crippen LogP contribution in [0.15, 0.2) is 54.6 Å². The molecule has 1 fully saturated rings. The highest BCUT2D eigenvalue weighted by molar-refractivity contribution is 5.86. The normalized spacial score (nSPS) is 16.5. The van der Waals surface area contributed by atoms with E-state index in [0.717, 1.165) is 0 Å². The summed E-state index contributed by atoms with van der Waals surface area (Å²) in [5.41, 5.74) is 0.557. The minimum Gasteiger partial charge on any atom is -0.393 e. The van der Waals surface area contributed by atoms with Gasteiger partial charge in [0.2, 0.25) is 5.91 Å². The van der Waals surface area contributed by atoms with E-state index in [9.17, 15) is 9.90 Å². The first-order valence-electron chi connectivity index (χ1n) is 10.7. The molecule has 0 unspecified atom stereocenters. The van der Waals surface area contributed by atoms with Crippen molar-refractivity contribution in [2.24, 2.45) is 5.41 Å². The first kappa shape index (κ1) is 22.1. The van der Waals surface area contributed by atoms with E-state index >= 15 is 0 Å². The fraction of sp³-hybridized carbons (Fsp3) is 0.423. The summed E-state index contributed by atoms with van der Waals surface area (Å²) in [7, 11) is 0. The summed E-state index contributed by atoms with van der Waals surface area (Å²) >= 11 is 0. The second kappa shape index (κ2) is 9.93. The smallest absolute Gasteiger partial charge is 0.240 e. The molecule has 1 aliphatic heterocycles. The molecule has 1 atom stereocenters. The summed E-state index contributed by atoms with van der Waals surface area (Å²) in [4.78, 5) is 14.5. The molecule has 1 heterocycles. The van der Waals surface area contributed by atoms with Crippen LogP contribution in [0.3, 0.4) is 0 Å². The maximum Gasteiger partial charge on any atom is 0.240 e. The monoisotopic (exact) mass is 404 g/mol. The zero-order chi connectivity index (χ0) is 21.6. The fourth-order valence-corrected chi connectivity index (χ4v) is 3.84. The first-order valence-corrected chi connectivity index (χ1v) is 10.7. The maximum absolute atomic E-state index is 12.7. The molecule has 4 nitrogen and oxygen atoms in total. The van der Waals surface area contributed by atoms with Gasteiger partial charge >= 0.3 is 0 Å². The Bertz CT molecular complexity index is 954. The first-order chi connectivity index (χ1) is 14.4. The number of allylic oxidation sites excluding steroid dienone is 1. The number of piperidine rings is 1. The van der Waals surface area contributed by atoms with Crippen LogP contribution in [0.2, 0.25) is 0 Å². The Morgan fingerprint density at radius 3 is 2.70 bits per heavy atom. The zero-order valence-corrected chi connectivity index (χ0v) is 18.2. The molecule has 3 rings (SSSR count). The Morgan fingerprint density at radius 2 is 1.93 bits per heavy atom. The van der Waals surface area contributed by atoms with Gasteiger partial charge in [-0.3, -0.25) is 4.79 Å². The van der Waals surface area contributed by atoms with Crippen LogP contribution in [0.5, 0.6) is 0 Å². The number of benzene rings is 2. The lowest BCUT2D eigenvalue weighted by molar-refractivity contribution is -0.139. The molecule has 30 heavy (non-hydrogen) atoms. The summed E-state index contributed by atoms with van der Waals surface area (Å²) in [5.74, 6) is 6.16. The van der Waals surface area contributed by atoms with Crippen molar-refractivity contribution >= 4 is 16.7 Å². The van der Waals surface area contributed by atoms with E-state index in [1.54, 1.807) is 0 Å². The third kappa shape index (κ3) is 5.50. The third-order valence-corrected chi connectivity index (χ3v) is 5.70. The highest BCUT2D eigenvalue weighted by atomic mass is 16.3. The molecule has 2 aromatic carbocycles. The number of amides is 1. The van der Waals surface area contributed by atoms with Gasteiger partial charge in [-0.05, 0) is 56.0 Å². The van der Waals surface area contributed by atoms with E-state index in [4.69, 9.17) is 0 Å². The van der Waals surface area contributed by atoms with E-state index in [2.05, 4.69) is 66.5 Å². The second-order valence-electron chi connectivity index (χ2n) is 8.52. The van der Waals surface area contributed by atoms with Gasteiger partial charge < -0.3 is 15.3 Å². The minimum atomic E-state index is -0.726. The van der Waals surface area contributed by atoms with Crippen molar-refractivity contribution in [3.8, 4) is 11.8 Å². The van der Waals surface area contributed by atoms with Crippen molar-refractivity contribution in [1.29, 1.82) is 0 Å². The lowest BCUT2D eigenvalue weighted by atomic mass is 9.91. The molecule has 1 saturated heterocycles. The second-order valence-corrected chi connectivity index (χ2v) is 8.52. The van der Waals surface area contributed by atoms with Gasteiger partial charge in [-0.2, -0.15) is 0 Å². The maximum atomic E-state index is 12.7. The van der Waals surface area contributed by atoms with Gasteiger partial charge in [-0.1, -0.05) is 60.4 Å². The van der Waals surface area contributed by atoms with Crippen LogP contribution >= 0.6 is 0 Å². The van der Waals surface area contributed by atoms with Crippen LogP contribution in [-0.2, 0) is 4.79 Å². The molecule has 158 valence electrons. The van der Waals surface area contributed by atoms with Gasteiger partial charge in [-0.25, -0.2) is 0 Å². The molecule has 4 heteroatoms. The predicted molar refractivity (Wildman–Crippen MR) is 123 cm³/mol. The Labute approximate surface area is 180 Å². The van der Waals surface area contributed by atoms with Crippen molar-refractivity contribution in [2.45, 2.75) is 45.8 Å². The van der Waals surface area contributed by atoms with Gasteiger partial charge in [-0.15, -0.1) is 0 Å². The number of hydrogen-bond donors (Lipinski definition) is 2. The van der Waals surface area contributed by atoms with Gasteiger partial charge in [0, 0.05) is 25.7 Å². The average molecular weight is 405 g/mol. The lowest BCUT2D eigenvalue weighted by Gasteiger charge is -2.33. The summed E-state index contributed by atoms with van der Waals surface area (Å²) in [6.07, 6.45) is 4.82. The Balaban J connectivity index is 1.52. The Kier molecular flexibility index (Phi) is 7.31. The lowest BCUT2D eigenvalue weighted by Crippen LogP contribution is -2.45. The number of hydrogen-bond acceptors (Lipinski definition) is 3. The fourth-order valence-electron chi connectivity index (χ4n) is 3.84. The quantitative estimate of drug-likeness (QED) is 0.739. The van der Waals surface area contributed by atoms with Crippen molar-refractivity contribution < 1.29 is 9.90 Å². The van der Waals surface area contributed by atoms with Crippen molar-refractivity contribution in [3.05, 3.63) is 60.2 Å². The van der Waals surface area contributed by atoms with E-state index in [-0.39, 0.29) is 18.1 Å². The Morgan fingerprint density at radius 1 is 1.23 bits per heavy atom. The molecule has 0 spiro atoms. The average Bonchev–Trinajstić information content (AvgIpc) is 2.75. The summed E-state index contributed by atoms with van der Waals surface area (Å²) in [6.45, 7) is 7.81. The van der Waals surface area contributed by atoms with Crippen molar-refractivity contribution in [3.63, 3.8) is 0 Å². The molecule has 1 aliphatic rings. The standard InChI is InChI=1S/C26H32N2O2/c1-20(23-13-9-11-21-10-5-6-12-24(21)23)27-17-8-4-7-16-26(2,3)25(30)28-18-14-22(29)15-19-28/h4-6,8-13,20,22,27,29H,14-15,17-19H2,1-3H3/b8-4+/t20-/m1/s1. The highest BCUT2D eigenvalue weighted by Crippen LogP contribution is 2.24. The predicted octanol–water partition coefficient (Wildman–Crippen LogP) is 4.06. The zero-order valence-electron chi connectivity index (χ0n) is 18.2. The van der Waals surface area contributed by atoms with E-state index in [0.29, 0.717) is 32.5 Å². The van der Waals surface area contributed by atoms with Crippen LogP contribution in [0, 0.1) is 17.3 Å². The van der Waals surface area contributed by atoms with Crippen molar-refractivity contribution in [2.75, 3.05) is 19.6 Å². The highest BCUT2D eigenvalue weighted by Gasteiger charge is 2.32. The molecule has 0 aliphatic carbocycles. The number of carbonyl (C=O) groups excluding carboxylic acids is 1. The molecular weight excluding hydrogens is 372 g/mol. The molecule has 2 aromatic rings. The van der Waals surface area contributed by atoms with E-state index < -0.39 is 5.41 Å². The summed E-state index contributed by atoms with van der Waals surface area (Å²) in [6, 6.07) is 15.0. The number of carbonyl (C=O) groups is 1. The number of nitrogens with one attached hydrogen (secondary N) is 1. The Hall–Kier alpha value is -2.61. The van der Waals surface area contributed by atoms with Crippen LogP contribution < -0.4 is 5.32 Å². The number of rotatable bonds is 5. The van der Waals surface area contributed by atoms with Crippen LogP contribution in [0.1, 0.15) is 45.2 Å². The number of nitrogens with zero attached hydrogens (tertiary/aromatic N) is 1. The number of likely N-dealkylation sites (tertiary alicyclic amines) is 1. The van der Waals surface area contributed by atoms with Gasteiger partial charge in [0.05, 0.1) is 6.10 Å². The SMILES string of the molecule is C[C@@H](NC/C=C/C#CC(C)(C)C(=O)N1CCC(O)CC1)c1cccc2ccccc12. The topological polar surface area (TPSA) is 52.6 Å². The molecule has 1 amide bonds. The summed E-state index contributed by atoms with van der Waals surface area (Å²) < 4.78 is 0. The minimum absolute atomic E-state index is 0.0398. The number of fused-ring (bicyclic) bond motifs is 1. The van der Waals surface area contributed by atoms with Gasteiger partial charge in [0.25, 0.3) is 0 Å². The third-order valence-electron chi connectivity index (χ3n) is 5.70. The molecule has 2 N–H and O–H groups in total. The van der Waals surface area contributed by atoms with Gasteiger partial charge in [0.15, 0.2) is 0 Å². The molecule has 0 radical (unpaired) electrons. The summed E-state index contributed by atoms with van der Waals surface area (Å²) in [5, 5.41) is 15.7. The van der Waals surface area contributed by atoms with Crippen LogP contribution in [-0.4, -0.2) is 41.7 Å². The molecule has 0 aromatic heterocycles. The van der Waals surface area contributed by atoms with E-state index in [1.165, 1.54) is 16.3 Å². The van der Waals surface area contributed by atoms with Crippen molar-refractivity contribution in [1.82, 2.24) is 10.2 Å².